The highest BCUT2D eigenvalue weighted by molar-refractivity contribution is 9.09. The first-order valence-corrected chi connectivity index (χ1v) is 8.53. The van der Waals surface area contributed by atoms with Crippen molar-refractivity contribution >= 4 is 33.2 Å². The van der Waals surface area contributed by atoms with Crippen molar-refractivity contribution in [2.75, 3.05) is 6.54 Å². The zero-order chi connectivity index (χ0) is 12.5. The number of thiophene rings is 1. The van der Waals surface area contributed by atoms with Crippen molar-refractivity contribution in [3.05, 3.63) is 21.9 Å². The second-order valence-electron chi connectivity index (χ2n) is 5.34. The molecule has 2 atom stereocenters. The van der Waals surface area contributed by atoms with Gasteiger partial charge in [0, 0.05) is 16.2 Å². The number of fused-ring (bicyclic) bond motifs is 1. The van der Waals surface area contributed by atoms with Crippen molar-refractivity contribution in [2.45, 2.75) is 42.8 Å². The Bertz CT molecular complexity index is 441. The maximum absolute atomic E-state index is 12.3. The van der Waals surface area contributed by atoms with Gasteiger partial charge < -0.3 is 5.32 Å². The Morgan fingerprint density at radius 2 is 2.33 bits per heavy atom. The largest absolute Gasteiger partial charge is 0.354 e. The maximum Gasteiger partial charge on any atom is 0.227 e. The van der Waals surface area contributed by atoms with E-state index in [0.717, 1.165) is 31.7 Å². The van der Waals surface area contributed by atoms with E-state index in [4.69, 9.17) is 0 Å². The fourth-order valence-corrected chi connectivity index (χ4v) is 4.38. The molecular formula is C14H18BrNOS. The molecule has 0 radical (unpaired) electrons. The molecule has 18 heavy (non-hydrogen) atoms. The summed E-state index contributed by atoms with van der Waals surface area (Å²) in [6, 6.07) is 2.13. The average molecular weight is 328 g/mol. The summed E-state index contributed by atoms with van der Waals surface area (Å²) in [4.78, 5) is 14.2. The Morgan fingerprint density at radius 3 is 3.11 bits per heavy atom. The highest BCUT2D eigenvalue weighted by atomic mass is 79.9. The molecule has 0 aliphatic heterocycles. The number of hydrogen-bond acceptors (Lipinski definition) is 2. The molecule has 0 saturated heterocycles. The summed E-state index contributed by atoms with van der Waals surface area (Å²) < 4.78 is 0. The second kappa shape index (κ2) is 5.33. The smallest absolute Gasteiger partial charge is 0.227 e. The number of rotatable bonds is 4. The van der Waals surface area contributed by atoms with E-state index in [1.165, 1.54) is 23.3 Å². The van der Waals surface area contributed by atoms with Crippen molar-refractivity contribution in [3.63, 3.8) is 0 Å². The fourth-order valence-electron chi connectivity index (χ4n) is 2.70. The lowest BCUT2D eigenvalue weighted by atomic mass is 9.87. The Hall–Kier alpha value is -0.350. The third-order valence-corrected chi connectivity index (χ3v) is 6.04. The average Bonchev–Trinajstić information content (AvgIpc) is 3.12. The van der Waals surface area contributed by atoms with E-state index < -0.39 is 0 Å². The van der Waals surface area contributed by atoms with E-state index in [0.29, 0.717) is 4.83 Å². The fraction of sp³-hybridized carbons (Fsp3) is 0.643. The third-order valence-electron chi connectivity index (χ3n) is 3.97. The van der Waals surface area contributed by atoms with Gasteiger partial charge in [-0.3, -0.25) is 4.79 Å². The minimum Gasteiger partial charge on any atom is -0.354 e. The molecule has 4 heteroatoms. The lowest BCUT2D eigenvalue weighted by molar-refractivity contribution is -0.122. The highest BCUT2D eigenvalue weighted by Crippen LogP contribution is 2.37. The normalized spacial score (nSPS) is 24.4. The molecule has 1 heterocycles. The zero-order valence-electron chi connectivity index (χ0n) is 10.3. The minimum absolute atomic E-state index is 0.0962. The van der Waals surface area contributed by atoms with Crippen LogP contribution >= 0.6 is 27.3 Å². The van der Waals surface area contributed by atoms with Crippen LogP contribution in [0.3, 0.4) is 0 Å². The van der Waals surface area contributed by atoms with Crippen LogP contribution in [-0.2, 0) is 11.2 Å². The molecular weight excluding hydrogens is 310 g/mol. The van der Waals surface area contributed by atoms with Gasteiger partial charge >= 0.3 is 0 Å². The third kappa shape index (κ3) is 2.64. The molecule has 98 valence electrons. The predicted molar refractivity (Wildman–Crippen MR) is 78.4 cm³/mol. The number of halogens is 1. The van der Waals surface area contributed by atoms with E-state index in [9.17, 15) is 4.79 Å². The second-order valence-corrected chi connectivity index (χ2v) is 7.52. The first-order valence-electron chi connectivity index (χ1n) is 6.73. The monoisotopic (exact) mass is 327 g/mol. The Balaban J connectivity index is 1.59. The quantitative estimate of drug-likeness (QED) is 0.843. The van der Waals surface area contributed by atoms with Crippen LogP contribution in [0, 0.1) is 5.92 Å². The predicted octanol–water partition coefficient (Wildman–Crippen LogP) is 3.46. The van der Waals surface area contributed by atoms with Gasteiger partial charge in [-0.1, -0.05) is 15.9 Å². The van der Waals surface area contributed by atoms with Gasteiger partial charge in [-0.05, 0) is 55.0 Å². The van der Waals surface area contributed by atoms with Crippen molar-refractivity contribution < 1.29 is 4.79 Å². The molecule has 1 fully saturated rings. The Kier molecular flexibility index (Phi) is 3.76. The van der Waals surface area contributed by atoms with Crippen LogP contribution in [0.1, 0.15) is 42.0 Å². The number of amides is 1. The van der Waals surface area contributed by atoms with Crippen LogP contribution in [0.5, 0.6) is 0 Å². The van der Waals surface area contributed by atoms with Crippen molar-refractivity contribution in [1.29, 1.82) is 0 Å². The van der Waals surface area contributed by atoms with Crippen LogP contribution in [0.4, 0.5) is 0 Å². The summed E-state index contributed by atoms with van der Waals surface area (Å²) in [5, 5.41) is 5.24. The molecule has 1 amide bonds. The summed E-state index contributed by atoms with van der Waals surface area (Å²) in [6.45, 7) is 0.777. The molecule has 2 aliphatic rings. The molecule has 0 aromatic carbocycles. The van der Waals surface area contributed by atoms with Crippen LogP contribution in [0.2, 0.25) is 0 Å². The zero-order valence-corrected chi connectivity index (χ0v) is 12.7. The standard InChI is InChI=1S/C14H18BrNOS/c15-12(9-4-5-9)8-16-14(17)11-2-1-3-13-10(11)6-7-18-13/h6-7,9,11-12H,1-5,8H2,(H,16,17). The Labute approximate surface area is 120 Å². The molecule has 2 nitrogen and oxygen atoms in total. The van der Waals surface area contributed by atoms with Gasteiger partial charge in [0.1, 0.15) is 0 Å². The molecule has 3 rings (SSSR count). The van der Waals surface area contributed by atoms with Crippen molar-refractivity contribution in [1.82, 2.24) is 5.32 Å². The number of carbonyl (C=O) groups is 1. The number of alkyl halides is 1. The number of carbonyl (C=O) groups excluding carboxylic acids is 1. The highest BCUT2D eigenvalue weighted by Gasteiger charge is 2.31. The van der Waals surface area contributed by atoms with E-state index in [1.807, 2.05) is 0 Å². The molecule has 1 aromatic heterocycles. The summed E-state index contributed by atoms with van der Waals surface area (Å²) in [7, 11) is 0. The van der Waals surface area contributed by atoms with Gasteiger partial charge in [-0.15, -0.1) is 11.3 Å². The topological polar surface area (TPSA) is 29.1 Å². The van der Waals surface area contributed by atoms with Gasteiger partial charge in [-0.2, -0.15) is 0 Å². The van der Waals surface area contributed by atoms with Crippen LogP contribution < -0.4 is 5.32 Å². The molecule has 2 unspecified atom stereocenters. The van der Waals surface area contributed by atoms with E-state index in [2.05, 4.69) is 32.7 Å². The van der Waals surface area contributed by atoms with Crippen molar-refractivity contribution in [3.8, 4) is 0 Å². The maximum atomic E-state index is 12.3. The van der Waals surface area contributed by atoms with Crippen molar-refractivity contribution in [2.24, 2.45) is 5.92 Å². The van der Waals surface area contributed by atoms with E-state index >= 15 is 0 Å². The first-order chi connectivity index (χ1) is 8.75. The molecule has 1 saturated carbocycles. The van der Waals surface area contributed by atoms with Crippen LogP contribution in [0.15, 0.2) is 11.4 Å². The summed E-state index contributed by atoms with van der Waals surface area (Å²) in [6.07, 6.45) is 5.92. The minimum atomic E-state index is 0.0962. The molecule has 2 aliphatic carbocycles. The summed E-state index contributed by atoms with van der Waals surface area (Å²) >= 11 is 5.47. The molecule has 0 bridgehead atoms. The van der Waals surface area contributed by atoms with Crippen LogP contribution in [0.25, 0.3) is 0 Å². The molecule has 1 N–H and O–H groups in total. The molecule has 0 spiro atoms. The number of hydrogen-bond donors (Lipinski definition) is 1. The number of aryl methyl sites for hydroxylation is 1. The van der Waals surface area contributed by atoms with Gasteiger partial charge in [0.25, 0.3) is 0 Å². The van der Waals surface area contributed by atoms with Gasteiger partial charge in [0.15, 0.2) is 0 Å². The first kappa shape index (κ1) is 12.7. The van der Waals surface area contributed by atoms with Crippen LogP contribution in [-0.4, -0.2) is 17.3 Å². The van der Waals surface area contributed by atoms with E-state index in [1.54, 1.807) is 11.3 Å². The summed E-state index contributed by atoms with van der Waals surface area (Å²) in [5.74, 6) is 1.10. The van der Waals surface area contributed by atoms with Gasteiger partial charge in [-0.25, -0.2) is 0 Å². The summed E-state index contributed by atoms with van der Waals surface area (Å²) in [5.41, 5.74) is 1.28. The number of nitrogens with one attached hydrogen (secondary N) is 1. The van der Waals surface area contributed by atoms with E-state index in [-0.39, 0.29) is 11.8 Å². The lowest BCUT2D eigenvalue weighted by Gasteiger charge is -2.22. The Morgan fingerprint density at radius 1 is 1.50 bits per heavy atom. The lowest BCUT2D eigenvalue weighted by Crippen LogP contribution is -2.35. The molecule has 1 aromatic rings. The van der Waals surface area contributed by atoms with Gasteiger partial charge in [0.05, 0.1) is 5.92 Å². The SMILES string of the molecule is O=C(NCC(Br)C1CC1)C1CCCc2sccc21. The van der Waals surface area contributed by atoms with Gasteiger partial charge in [0.2, 0.25) is 5.91 Å².